The van der Waals surface area contributed by atoms with Crippen LogP contribution in [-0.2, 0) is 0 Å². The van der Waals surface area contributed by atoms with Crippen LogP contribution in [0, 0.1) is 11.3 Å². The summed E-state index contributed by atoms with van der Waals surface area (Å²) in [5.74, 6) is 0.950. The molecule has 2 heterocycles. The predicted octanol–water partition coefficient (Wildman–Crippen LogP) is 1.86. The zero-order valence-electron chi connectivity index (χ0n) is 6.52. The molecule has 2 rings (SSSR count). The molecule has 13 heavy (non-hydrogen) atoms. The van der Waals surface area contributed by atoms with Gasteiger partial charge in [-0.1, -0.05) is 5.16 Å². The third kappa shape index (κ3) is 1.39. The van der Waals surface area contributed by atoms with Gasteiger partial charge in [-0.15, -0.1) is 11.3 Å². The predicted molar refractivity (Wildman–Crippen MR) is 48.9 cm³/mol. The number of rotatable bonds is 1. The maximum Gasteiger partial charge on any atom is 0.179 e. The molecule has 0 radical (unpaired) electrons. The highest BCUT2D eigenvalue weighted by Gasteiger charge is 2.07. The van der Waals surface area contributed by atoms with Gasteiger partial charge in [0, 0.05) is 6.07 Å². The first-order chi connectivity index (χ1) is 6.29. The van der Waals surface area contributed by atoms with E-state index in [9.17, 15) is 0 Å². The second-order valence-electron chi connectivity index (χ2n) is 2.39. The third-order valence-electron chi connectivity index (χ3n) is 1.49. The van der Waals surface area contributed by atoms with Gasteiger partial charge in [-0.2, -0.15) is 5.26 Å². The summed E-state index contributed by atoms with van der Waals surface area (Å²) in [4.78, 5) is 1.51. The van der Waals surface area contributed by atoms with Crippen LogP contribution < -0.4 is 5.73 Å². The lowest BCUT2D eigenvalue weighted by Gasteiger charge is -1.83. The molecule has 0 unspecified atom stereocenters. The highest BCUT2D eigenvalue weighted by atomic mass is 32.1. The Kier molecular flexibility index (Phi) is 1.76. The van der Waals surface area contributed by atoms with Crippen molar-refractivity contribution in [1.29, 1.82) is 5.26 Å². The molecule has 0 fully saturated rings. The molecule has 0 aromatic carbocycles. The monoisotopic (exact) mass is 191 g/mol. The molecule has 2 N–H and O–H groups in total. The zero-order valence-corrected chi connectivity index (χ0v) is 7.34. The Bertz CT molecular complexity index is 466. The maximum absolute atomic E-state index is 8.59. The first-order valence-corrected chi connectivity index (χ1v) is 4.34. The number of aromatic nitrogens is 1. The molecule has 0 bridgehead atoms. The number of hydrogen-bond donors (Lipinski definition) is 1. The van der Waals surface area contributed by atoms with Crippen LogP contribution in [0.1, 0.15) is 4.88 Å². The van der Waals surface area contributed by atoms with Gasteiger partial charge in [-0.05, 0) is 12.1 Å². The molecule has 0 atom stereocenters. The average molecular weight is 191 g/mol. The fraction of sp³-hybridized carbons (Fsp3) is 0. The van der Waals surface area contributed by atoms with Crippen molar-refractivity contribution in [2.24, 2.45) is 0 Å². The summed E-state index contributed by atoms with van der Waals surface area (Å²) in [6, 6.07) is 7.22. The van der Waals surface area contributed by atoms with E-state index in [4.69, 9.17) is 15.5 Å². The third-order valence-corrected chi connectivity index (χ3v) is 2.49. The fourth-order valence-corrected chi connectivity index (χ4v) is 1.69. The summed E-state index contributed by atoms with van der Waals surface area (Å²) in [5.41, 5.74) is 5.39. The topological polar surface area (TPSA) is 75.8 Å². The van der Waals surface area contributed by atoms with E-state index in [1.807, 2.05) is 12.1 Å². The maximum atomic E-state index is 8.59. The van der Waals surface area contributed by atoms with Crippen LogP contribution in [-0.4, -0.2) is 5.16 Å². The second-order valence-corrected chi connectivity index (χ2v) is 3.48. The van der Waals surface area contributed by atoms with Crippen LogP contribution in [0.5, 0.6) is 0 Å². The van der Waals surface area contributed by atoms with Crippen LogP contribution in [0.15, 0.2) is 22.7 Å². The van der Waals surface area contributed by atoms with Crippen molar-refractivity contribution in [2.45, 2.75) is 0 Å². The number of anilines is 1. The van der Waals surface area contributed by atoms with E-state index in [0.717, 1.165) is 4.88 Å². The van der Waals surface area contributed by atoms with Crippen LogP contribution in [0.3, 0.4) is 0 Å². The summed E-state index contributed by atoms with van der Waals surface area (Å²) in [5, 5.41) is 12.1. The van der Waals surface area contributed by atoms with Crippen LogP contribution >= 0.6 is 11.3 Å². The van der Waals surface area contributed by atoms with Crippen molar-refractivity contribution >= 4 is 17.2 Å². The zero-order chi connectivity index (χ0) is 9.26. The van der Waals surface area contributed by atoms with E-state index >= 15 is 0 Å². The minimum atomic E-state index is 0.349. The second kappa shape index (κ2) is 2.92. The molecule has 0 spiro atoms. The van der Waals surface area contributed by atoms with Gasteiger partial charge in [0.15, 0.2) is 11.6 Å². The number of nitrogen functional groups attached to an aromatic ring is 1. The molecule has 0 aliphatic rings. The Morgan fingerprint density at radius 1 is 1.54 bits per heavy atom. The van der Waals surface area contributed by atoms with E-state index in [1.54, 1.807) is 12.1 Å². The average Bonchev–Trinajstić information content (AvgIpc) is 2.71. The molecule has 0 saturated heterocycles. The van der Waals surface area contributed by atoms with E-state index in [1.165, 1.54) is 11.3 Å². The van der Waals surface area contributed by atoms with Gasteiger partial charge in [-0.25, -0.2) is 0 Å². The number of thiophene rings is 1. The van der Waals surface area contributed by atoms with Crippen LogP contribution in [0.4, 0.5) is 5.82 Å². The summed E-state index contributed by atoms with van der Waals surface area (Å²) in [6.45, 7) is 0. The van der Waals surface area contributed by atoms with Gasteiger partial charge in [-0.3, -0.25) is 0 Å². The quantitative estimate of drug-likeness (QED) is 0.746. The number of nitrogens with zero attached hydrogens (tertiary/aromatic N) is 2. The van der Waals surface area contributed by atoms with Crippen molar-refractivity contribution in [3.8, 4) is 16.7 Å². The first-order valence-electron chi connectivity index (χ1n) is 3.52. The molecule has 2 aromatic heterocycles. The summed E-state index contributed by atoms with van der Waals surface area (Å²) >= 11 is 1.35. The van der Waals surface area contributed by atoms with Crippen molar-refractivity contribution in [3.63, 3.8) is 0 Å². The molecule has 0 amide bonds. The van der Waals surface area contributed by atoms with Crippen molar-refractivity contribution in [3.05, 3.63) is 23.1 Å². The van der Waals surface area contributed by atoms with Crippen molar-refractivity contribution in [1.82, 2.24) is 5.16 Å². The first kappa shape index (κ1) is 7.83. The van der Waals surface area contributed by atoms with Gasteiger partial charge in [0.05, 0.1) is 4.88 Å². The lowest BCUT2D eigenvalue weighted by molar-refractivity contribution is 0.436. The minimum absolute atomic E-state index is 0.349. The standard InChI is InChI=1S/C8H5N3OS/c9-4-5-1-2-7(13-5)6-3-8(10)11-12-6/h1-3H,(H2,10,11). The molecule has 0 saturated carbocycles. The van der Waals surface area contributed by atoms with Gasteiger partial charge >= 0.3 is 0 Å². The van der Waals surface area contributed by atoms with E-state index in [0.29, 0.717) is 16.5 Å². The largest absolute Gasteiger partial charge is 0.381 e. The highest BCUT2D eigenvalue weighted by Crippen LogP contribution is 2.28. The molecule has 2 aromatic rings. The number of hydrogen-bond acceptors (Lipinski definition) is 5. The molecular weight excluding hydrogens is 186 g/mol. The molecule has 0 aliphatic carbocycles. The molecule has 64 valence electrons. The molecule has 0 aliphatic heterocycles. The van der Waals surface area contributed by atoms with Crippen LogP contribution in [0.25, 0.3) is 10.6 Å². The smallest absolute Gasteiger partial charge is 0.179 e. The Morgan fingerprint density at radius 3 is 2.92 bits per heavy atom. The van der Waals surface area contributed by atoms with E-state index in [2.05, 4.69) is 5.16 Å². The van der Waals surface area contributed by atoms with Crippen molar-refractivity contribution < 1.29 is 4.52 Å². The normalized spacial score (nSPS) is 9.77. The Labute approximate surface area is 78.2 Å². The summed E-state index contributed by atoms with van der Waals surface area (Å²) in [7, 11) is 0. The van der Waals surface area contributed by atoms with Gasteiger partial charge < -0.3 is 10.3 Å². The number of nitrogens with two attached hydrogens (primary N) is 1. The SMILES string of the molecule is N#Cc1ccc(-c2cc(N)no2)s1. The lowest BCUT2D eigenvalue weighted by atomic mass is 10.3. The summed E-state index contributed by atoms with van der Waals surface area (Å²) < 4.78 is 4.93. The Hall–Kier alpha value is -1.80. The summed E-state index contributed by atoms with van der Waals surface area (Å²) in [6.07, 6.45) is 0. The van der Waals surface area contributed by atoms with Gasteiger partial charge in [0.25, 0.3) is 0 Å². The fourth-order valence-electron chi connectivity index (χ4n) is 0.935. The Balaban J connectivity index is 2.42. The van der Waals surface area contributed by atoms with Gasteiger partial charge in [0.2, 0.25) is 0 Å². The van der Waals surface area contributed by atoms with Gasteiger partial charge in [0.1, 0.15) is 10.9 Å². The van der Waals surface area contributed by atoms with Crippen LogP contribution in [0.2, 0.25) is 0 Å². The molecule has 5 heteroatoms. The van der Waals surface area contributed by atoms with E-state index < -0.39 is 0 Å². The lowest BCUT2D eigenvalue weighted by Crippen LogP contribution is -1.79. The molecule has 4 nitrogen and oxygen atoms in total. The Morgan fingerprint density at radius 2 is 2.38 bits per heavy atom. The van der Waals surface area contributed by atoms with Crippen molar-refractivity contribution in [2.75, 3.05) is 5.73 Å². The highest BCUT2D eigenvalue weighted by molar-refractivity contribution is 7.15. The number of nitriles is 1. The molecular formula is C8H5N3OS. The van der Waals surface area contributed by atoms with E-state index in [-0.39, 0.29) is 0 Å². The minimum Gasteiger partial charge on any atom is -0.381 e.